The monoisotopic (exact) mass is 430 g/mol. The molecular weight excluding hydrogens is 414 g/mol. The van der Waals surface area contributed by atoms with Gasteiger partial charge in [0.1, 0.15) is 5.82 Å². The van der Waals surface area contributed by atoms with Crippen LogP contribution in [0.2, 0.25) is 15.1 Å². The summed E-state index contributed by atoms with van der Waals surface area (Å²) in [4.78, 5) is 16.3. The van der Waals surface area contributed by atoms with E-state index in [0.29, 0.717) is 21.4 Å². The molecule has 1 aromatic heterocycles. The van der Waals surface area contributed by atoms with Crippen molar-refractivity contribution < 1.29 is 9.18 Å². The van der Waals surface area contributed by atoms with Crippen LogP contribution in [0.4, 0.5) is 20.6 Å². The van der Waals surface area contributed by atoms with Gasteiger partial charge in [-0.05, 0) is 31.0 Å². The normalized spacial score (nSPS) is 19.4. The number of hydrogen-bond donors (Lipinski definition) is 3. The maximum atomic E-state index is 13.5. The fourth-order valence-electron chi connectivity index (χ4n) is 3.12. The number of hydrogen-bond acceptors (Lipinski definition) is 3. The number of benzene rings is 1. The summed E-state index contributed by atoms with van der Waals surface area (Å²) in [6.07, 6.45) is 6.72. The molecule has 1 aliphatic rings. The quantitative estimate of drug-likeness (QED) is 0.579. The molecule has 144 valence electrons. The van der Waals surface area contributed by atoms with Gasteiger partial charge in [0.25, 0.3) is 0 Å². The molecule has 2 unspecified atom stereocenters. The molecule has 5 nitrogen and oxygen atoms in total. The Hall–Kier alpha value is -1.76. The van der Waals surface area contributed by atoms with Gasteiger partial charge in [0.05, 0.1) is 26.8 Å². The summed E-state index contributed by atoms with van der Waals surface area (Å²) in [6.45, 7) is 0. The number of aromatic nitrogens is 1. The lowest BCUT2D eigenvalue weighted by Gasteiger charge is -2.33. The Balaban J connectivity index is 1.66. The van der Waals surface area contributed by atoms with Gasteiger partial charge < -0.3 is 16.0 Å². The molecule has 0 bridgehead atoms. The van der Waals surface area contributed by atoms with Gasteiger partial charge in [0.15, 0.2) is 0 Å². The highest BCUT2D eigenvalue weighted by Gasteiger charge is 2.27. The third-order valence-corrected chi connectivity index (χ3v) is 5.32. The zero-order valence-corrected chi connectivity index (χ0v) is 16.5. The topological polar surface area (TPSA) is 66.1 Å². The number of carbonyl (C=O) groups is 1. The van der Waals surface area contributed by atoms with Crippen molar-refractivity contribution >= 4 is 52.2 Å². The summed E-state index contributed by atoms with van der Waals surface area (Å²) in [5.41, 5.74) is 0.933. The summed E-state index contributed by atoms with van der Waals surface area (Å²) in [5, 5.41) is 9.75. The summed E-state index contributed by atoms with van der Waals surface area (Å²) in [7, 11) is 0. The molecule has 0 saturated heterocycles. The molecule has 0 radical (unpaired) electrons. The second-order valence-corrected chi connectivity index (χ2v) is 7.57. The number of anilines is 2. The lowest BCUT2D eigenvalue weighted by atomic mass is 9.90. The maximum Gasteiger partial charge on any atom is 0.319 e. The van der Waals surface area contributed by atoms with E-state index < -0.39 is 11.8 Å². The SMILES string of the molecule is O=C(Nc1ccc(Cl)c(F)c1)NC1CCCCC1Nc1c(Cl)cncc1Cl. The van der Waals surface area contributed by atoms with Crippen molar-refractivity contribution in [3.63, 3.8) is 0 Å². The highest BCUT2D eigenvalue weighted by molar-refractivity contribution is 6.38. The highest BCUT2D eigenvalue weighted by atomic mass is 35.5. The van der Waals surface area contributed by atoms with Crippen molar-refractivity contribution in [3.05, 3.63) is 51.5 Å². The number of halogens is 4. The largest absolute Gasteiger partial charge is 0.378 e. The number of nitrogens with one attached hydrogen (secondary N) is 3. The van der Waals surface area contributed by atoms with Gasteiger partial charge in [-0.15, -0.1) is 0 Å². The second-order valence-electron chi connectivity index (χ2n) is 6.35. The molecule has 2 atom stereocenters. The average molecular weight is 432 g/mol. The van der Waals surface area contributed by atoms with Gasteiger partial charge in [-0.3, -0.25) is 4.98 Å². The van der Waals surface area contributed by atoms with Gasteiger partial charge in [-0.2, -0.15) is 0 Å². The Kier molecular flexibility index (Phi) is 6.63. The number of nitrogens with zero attached hydrogens (tertiary/aromatic N) is 1. The number of amides is 2. The van der Waals surface area contributed by atoms with E-state index in [1.165, 1.54) is 30.6 Å². The first-order valence-corrected chi connectivity index (χ1v) is 9.65. The van der Waals surface area contributed by atoms with E-state index in [4.69, 9.17) is 34.8 Å². The molecule has 0 spiro atoms. The van der Waals surface area contributed by atoms with Crippen LogP contribution in [0, 0.1) is 5.82 Å². The Morgan fingerprint density at radius 3 is 2.37 bits per heavy atom. The van der Waals surface area contributed by atoms with Crippen LogP contribution < -0.4 is 16.0 Å². The third kappa shape index (κ3) is 5.15. The molecule has 1 aliphatic carbocycles. The van der Waals surface area contributed by atoms with Crippen molar-refractivity contribution in [2.45, 2.75) is 37.8 Å². The van der Waals surface area contributed by atoms with Crippen LogP contribution in [0.1, 0.15) is 25.7 Å². The summed E-state index contributed by atoms with van der Waals surface area (Å²) in [6, 6.07) is 3.53. The van der Waals surface area contributed by atoms with E-state index >= 15 is 0 Å². The zero-order valence-electron chi connectivity index (χ0n) is 14.2. The van der Waals surface area contributed by atoms with E-state index in [9.17, 15) is 9.18 Å². The van der Waals surface area contributed by atoms with Crippen LogP contribution in [0.5, 0.6) is 0 Å². The minimum atomic E-state index is -0.589. The summed E-state index contributed by atoms with van der Waals surface area (Å²) >= 11 is 18.0. The molecule has 1 fully saturated rings. The van der Waals surface area contributed by atoms with Crippen molar-refractivity contribution in [1.29, 1.82) is 0 Å². The Morgan fingerprint density at radius 1 is 1.04 bits per heavy atom. The van der Waals surface area contributed by atoms with Crippen LogP contribution >= 0.6 is 34.8 Å². The van der Waals surface area contributed by atoms with Crippen LogP contribution in [-0.2, 0) is 0 Å². The van der Waals surface area contributed by atoms with Crippen molar-refractivity contribution in [3.8, 4) is 0 Å². The van der Waals surface area contributed by atoms with Gasteiger partial charge in [-0.25, -0.2) is 9.18 Å². The van der Waals surface area contributed by atoms with Gasteiger partial charge in [0.2, 0.25) is 0 Å². The molecule has 1 heterocycles. The maximum absolute atomic E-state index is 13.5. The van der Waals surface area contributed by atoms with Crippen LogP contribution in [0.25, 0.3) is 0 Å². The fourth-order valence-corrected chi connectivity index (χ4v) is 3.71. The predicted octanol–water partition coefficient (Wildman–Crippen LogP) is 5.73. The molecule has 3 N–H and O–H groups in total. The molecule has 27 heavy (non-hydrogen) atoms. The molecule has 1 aromatic carbocycles. The van der Waals surface area contributed by atoms with Crippen molar-refractivity contribution in [2.24, 2.45) is 0 Å². The lowest BCUT2D eigenvalue weighted by molar-refractivity contribution is 0.242. The molecule has 0 aliphatic heterocycles. The predicted molar refractivity (Wildman–Crippen MR) is 107 cm³/mol. The molecule has 9 heteroatoms. The number of rotatable bonds is 4. The minimum absolute atomic E-state index is 0.00334. The second kappa shape index (κ2) is 8.95. The fraction of sp³-hybridized carbons (Fsp3) is 0.333. The molecule has 1 saturated carbocycles. The molecule has 2 amide bonds. The first-order chi connectivity index (χ1) is 12.9. The van der Waals surface area contributed by atoms with Crippen LogP contribution in [-0.4, -0.2) is 23.1 Å². The van der Waals surface area contributed by atoms with Crippen LogP contribution in [0.3, 0.4) is 0 Å². The number of pyridine rings is 1. The number of carbonyl (C=O) groups excluding carboxylic acids is 1. The Labute approximate surface area is 171 Å². The highest BCUT2D eigenvalue weighted by Crippen LogP contribution is 2.32. The smallest absolute Gasteiger partial charge is 0.319 e. The Morgan fingerprint density at radius 2 is 1.70 bits per heavy atom. The number of urea groups is 1. The van der Waals surface area contributed by atoms with Gasteiger partial charge in [-0.1, -0.05) is 47.6 Å². The average Bonchev–Trinajstić information content (AvgIpc) is 2.63. The zero-order chi connectivity index (χ0) is 19.4. The third-order valence-electron chi connectivity index (χ3n) is 4.44. The molecular formula is C18H18Cl3FN4O. The standard InChI is InChI=1S/C18H18Cl3FN4O/c19-11-6-5-10(7-14(11)22)24-18(27)26-16-4-2-1-3-15(16)25-17-12(20)8-23-9-13(17)21/h5-9,15-16H,1-4H2,(H,23,25)(H2,24,26,27). The van der Waals surface area contributed by atoms with E-state index in [1.54, 1.807) is 0 Å². The lowest BCUT2D eigenvalue weighted by Crippen LogP contribution is -2.49. The molecule has 3 rings (SSSR count). The van der Waals surface area contributed by atoms with Gasteiger partial charge >= 0.3 is 6.03 Å². The first-order valence-electron chi connectivity index (χ1n) is 8.52. The van der Waals surface area contributed by atoms with Gasteiger partial charge in [0, 0.05) is 24.1 Å². The minimum Gasteiger partial charge on any atom is -0.378 e. The Bertz CT molecular complexity index is 816. The van der Waals surface area contributed by atoms with Crippen molar-refractivity contribution in [1.82, 2.24) is 10.3 Å². The van der Waals surface area contributed by atoms with Crippen molar-refractivity contribution in [2.75, 3.05) is 10.6 Å². The van der Waals surface area contributed by atoms with Crippen LogP contribution in [0.15, 0.2) is 30.6 Å². The van der Waals surface area contributed by atoms with E-state index in [0.717, 1.165) is 25.7 Å². The first kappa shape index (κ1) is 20.0. The van der Waals surface area contributed by atoms with E-state index in [2.05, 4.69) is 20.9 Å². The molecule has 2 aromatic rings. The summed E-state index contributed by atoms with van der Waals surface area (Å²) in [5.74, 6) is -0.589. The van der Waals surface area contributed by atoms with E-state index in [1.807, 2.05) is 0 Å². The summed E-state index contributed by atoms with van der Waals surface area (Å²) < 4.78 is 13.5. The van der Waals surface area contributed by atoms with E-state index in [-0.39, 0.29) is 17.1 Å².